The average Bonchev–Trinajstić information content (AvgIpc) is 2.84. The van der Waals surface area contributed by atoms with E-state index in [9.17, 15) is 9.59 Å². The molecule has 3 rings (SSSR count). The molecule has 1 aliphatic carbocycles. The third kappa shape index (κ3) is 2.30. The molecule has 0 N–H and O–H groups in total. The Kier molecular flexibility index (Phi) is 3.14. The molecule has 19 heavy (non-hydrogen) atoms. The Balaban J connectivity index is 1.79. The minimum atomic E-state index is -0.0877. The van der Waals surface area contributed by atoms with Gasteiger partial charge in [0.2, 0.25) is 0 Å². The number of likely N-dealkylation sites (N-methyl/N-ethyl adjacent to an activating group) is 1. The first-order valence-electron chi connectivity index (χ1n) is 6.79. The van der Waals surface area contributed by atoms with Crippen molar-refractivity contribution in [2.75, 3.05) is 33.2 Å². The smallest absolute Gasteiger partial charge is 0.289 e. The van der Waals surface area contributed by atoms with E-state index in [4.69, 9.17) is 4.42 Å². The van der Waals surface area contributed by atoms with Gasteiger partial charge in [0.05, 0.1) is 5.56 Å². The number of carbonyl (C=O) groups excluding carboxylic acids is 2. The Morgan fingerprint density at radius 3 is 2.63 bits per heavy atom. The summed E-state index contributed by atoms with van der Waals surface area (Å²) >= 11 is 0. The summed E-state index contributed by atoms with van der Waals surface area (Å²) in [6.07, 6.45) is 2.15. The van der Waals surface area contributed by atoms with Crippen molar-refractivity contribution in [1.29, 1.82) is 0 Å². The van der Waals surface area contributed by atoms with Gasteiger partial charge in [-0.3, -0.25) is 9.59 Å². The second-order valence-corrected chi connectivity index (χ2v) is 5.32. The number of ketones is 1. The summed E-state index contributed by atoms with van der Waals surface area (Å²) in [4.78, 5) is 28.1. The number of nitrogens with zero attached hydrogens (tertiary/aromatic N) is 2. The van der Waals surface area contributed by atoms with E-state index >= 15 is 0 Å². The van der Waals surface area contributed by atoms with Crippen LogP contribution in [0.5, 0.6) is 0 Å². The number of aryl methyl sites for hydroxylation is 1. The van der Waals surface area contributed by atoms with Crippen LogP contribution < -0.4 is 0 Å². The summed E-state index contributed by atoms with van der Waals surface area (Å²) < 4.78 is 5.59. The predicted octanol–water partition coefficient (Wildman–Crippen LogP) is 1.19. The van der Waals surface area contributed by atoms with Gasteiger partial charge in [0.25, 0.3) is 5.91 Å². The van der Waals surface area contributed by atoms with Crippen LogP contribution in [-0.2, 0) is 6.42 Å². The number of furan rings is 1. The summed E-state index contributed by atoms with van der Waals surface area (Å²) in [7, 11) is 2.05. The van der Waals surface area contributed by atoms with Crippen molar-refractivity contribution >= 4 is 11.7 Å². The Hall–Kier alpha value is -1.62. The van der Waals surface area contributed by atoms with Crippen LogP contribution in [0.25, 0.3) is 0 Å². The number of piperazine rings is 1. The van der Waals surface area contributed by atoms with E-state index in [-0.39, 0.29) is 11.7 Å². The van der Waals surface area contributed by atoms with Crippen LogP contribution >= 0.6 is 0 Å². The van der Waals surface area contributed by atoms with Crippen LogP contribution in [0.4, 0.5) is 0 Å². The molecule has 2 aliphatic rings. The van der Waals surface area contributed by atoms with E-state index in [1.54, 1.807) is 11.0 Å². The molecule has 0 spiro atoms. The second-order valence-electron chi connectivity index (χ2n) is 5.32. The van der Waals surface area contributed by atoms with Crippen LogP contribution in [0, 0.1) is 0 Å². The zero-order chi connectivity index (χ0) is 13.4. The molecule has 1 amide bonds. The number of amides is 1. The monoisotopic (exact) mass is 262 g/mol. The van der Waals surface area contributed by atoms with Gasteiger partial charge in [-0.15, -0.1) is 0 Å². The van der Waals surface area contributed by atoms with Gasteiger partial charge in [0.15, 0.2) is 11.5 Å². The molecule has 0 bridgehead atoms. The molecule has 102 valence electrons. The second kappa shape index (κ2) is 4.81. The van der Waals surface area contributed by atoms with E-state index in [0.717, 1.165) is 25.9 Å². The lowest BCUT2D eigenvalue weighted by Crippen LogP contribution is -2.47. The average molecular weight is 262 g/mol. The molecule has 1 saturated heterocycles. The van der Waals surface area contributed by atoms with Crippen molar-refractivity contribution in [3.8, 4) is 0 Å². The molecular formula is C14H18N2O3. The van der Waals surface area contributed by atoms with Gasteiger partial charge < -0.3 is 14.2 Å². The Labute approximate surface area is 112 Å². The maximum Gasteiger partial charge on any atom is 0.289 e. The van der Waals surface area contributed by atoms with Gasteiger partial charge in [0, 0.05) is 45.1 Å². The standard InChI is InChI=1S/C14H18N2O3/c1-15-5-7-16(8-6-15)14(18)13-9-10-11(17)3-2-4-12(10)19-13/h9H,2-8H2,1H3. The van der Waals surface area contributed by atoms with Gasteiger partial charge in [0.1, 0.15) is 5.76 Å². The van der Waals surface area contributed by atoms with Gasteiger partial charge in [-0.2, -0.15) is 0 Å². The molecule has 1 aliphatic heterocycles. The number of hydrogen-bond donors (Lipinski definition) is 0. The summed E-state index contributed by atoms with van der Waals surface area (Å²) in [6, 6.07) is 1.64. The molecule has 1 fully saturated rings. The fraction of sp³-hybridized carbons (Fsp3) is 0.571. The third-order valence-corrected chi connectivity index (χ3v) is 3.92. The maximum absolute atomic E-state index is 12.3. The lowest BCUT2D eigenvalue weighted by molar-refractivity contribution is 0.0630. The van der Waals surface area contributed by atoms with E-state index in [1.165, 1.54) is 0 Å². The number of Topliss-reactive ketones (excluding diaryl/α,β-unsaturated/α-hetero) is 1. The molecule has 0 unspecified atom stereocenters. The van der Waals surface area contributed by atoms with Gasteiger partial charge in [-0.1, -0.05) is 0 Å². The quantitative estimate of drug-likeness (QED) is 0.763. The largest absolute Gasteiger partial charge is 0.455 e. The molecule has 0 radical (unpaired) electrons. The van der Waals surface area contributed by atoms with Gasteiger partial charge in [-0.25, -0.2) is 0 Å². The molecule has 1 aromatic rings. The fourth-order valence-electron chi connectivity index (χ4n) is 2.67. The molecular weight excluding hydrogens is 244 g/mol. The van der Waals surface area contributed by atoms with E-state index < -0.39 is 0 Å². The third-order valence-electron chi connectivity index (χ3n) is 3.92. The lowest BCUT2D eigenvalue weighted by atomic mass is 9.97. The van der Waals surface area contributed by atoms with Crippen molar-refractivity contribution in [3.63, 3.8) is 0 Å². The first-order valence-corrected chi connectivity index (χ1v) is 6.79. The molecule has 5 nitrogen and oxygen atoms in total. The van der Waals surface area contributed by atoms with Crippen molar-refractivity contribution in [1.82, 2.24) is 9.80 Å². The zero-order valence-electron chi connectivity index (χ0n) is 11.1. The van der Waals surface area contributed by atoms with E-state index in [2.05, 4.69) is 4.90 Å². The van der Waals surface area contributed by atoms with Crippen molar-refractivity contribution < 1.29 is 14.0 Å². The van der Waals surface area contributed by atoms with E-state index in [0.29, 0.717) is 36.6 Å². The highest BCUT2D eigenvalue weighted by Gasteiger charge is 2.28. The van der Waals surface area contributed by atoms with Crippen LogP contribution in [0.2, 0.25) is 0 Å². The minimum absolute atomic E-state index is 0.0877. The number of carbonyl (C=O) groups is 2. The predicted molar refractivity (Wildman–Crippen MR) is 69.4 cm³/mol. The van der Waals surface area contributed by atoms with Gasteiger partial charge >= 0.3 is 0 Å². The van der Waals surface area contributed by atoms with Crippen LogP contribution in [0.3, 0.4) is 0 Å². The van der Waals surface area contributed by atoms with Crippen molar-refractivity contribution in [2.24, 2.45) is 0 Å². The lowest BCUT2D eigenvalue weighted by Gasteiger charge is -2.31. The van der Waals surface area contributed by atoms with Gasteiger partial charge in [-0.05, 0) is 13.5 Å². The molecule has 0 atom stereocenters. The highest BCUT2D eigenvalue weighted by atomic mass is 16.4. The minimum Gasteiger partial charge on any atom is -0.455 e. The number of hydrogen-bond acceptors (Lipinski definition) is 4. The number of rotatable bonds is 1. The fourth-order valence-corrected chi connectivity index (χ4v) is 2.67. The molecule has 5 heteroatoms. The van der Waals surface area contributed by atoms with E-state index in [1.807, 2.05) is 7.05 Å². The van der Waals surface area contributed by atoms with Crippen LogP contribution in [0.15, 0.2) is 10.5 Å². The molecule has 0 saturated carbocycles. The highest BCUT2D eigenvalue weighted by molar-refractivity contribution is 6.01. The van der Waals surface area contributed by atoms with Crippen molar-refractivity contribution in [3.05, 3.63) is 23.2 Å². The molecule has 2 heterocycles. The zero-order valence-corrected chi connectivity index (χ0v) is 11.1. The Bertz CT molecular complexity index is 513. The maximum atomic E-state index is 12.3. The summed E-state index contributed by atoms with van der Waals surface area (Å²) in [5.74, 6) is 1.02. The molecule has 1 aromatic heterocycles. The summed E-state index contributed by atoms with van der Waals surface area (Å²) in [5.41, 5.74) is 0.615. The molecule has 0 aromatic carbocycles. The Morgan fingerprint density at radius 2 is 1.95 bits per heavy atom. The summed E-state index contributed by atoms with van der Waals surface area (Å²) in [5, 5.41) is 0. The first kappa shape index (κ1) is 12.4. The van der Waals surface area contributed by atoms with Crippen LogP contribution in [-0.4, -0.2) is 54.7 Å². The normalized spacial score (nSPS) is 20.5. The SMILES string of the molecule is CN1CCN(C(=O)c2cc3c(o2)CCCC3=O)CC1. The number of fused-ring (bicyclic) bond motifs is 1. The highest BCUT2D eigenvalue weighted by Crippen LogP contribution is 2.25. The topological polar surface area (TPSA) is 53.8 Å². The summed E-state index contributed by atoms with van der Waals surface area (Å²) in [6.45, 7) is 3.19. The van der Waals surface area contributed by atoms with Crippen molar-refractivity contribution in [2.45, 2.75) is 19.3 Å². The Morgan fingerprint density at radius 1 is 1.21 bits per heavy atom. The first-order chi connectivity index (χ1) is 9.15. The van der Waals surface area contributed by atoms with Crippen LogP contribution in [0.1, 0.15) is 39.5 Å².